The molecular formula is C16H25BF3N3O4. The number of carbonyl (C=O) groups excluding carboxylic acids is 1. The van der Waals surface area contributed by atoms with E-state index >= 15 is 0 Å². The second-order valence-corrected chi connectivity index (χ2v) is 6.21. The van der Waals surface area contributed by atoms with Gasteiger partial charge >= 0.3 is 13.5 Å². The maximum absolute atomic E-state index is 12.2. The lowest BCUT2D eigenvalue weighted by Gasteiger charge is -2.19. The van der Waals surface area contributed by atoms with Crippen LogP contribution in [0.3, 0.4) is 0 Å². The summed E-state index contributed by atoms with van der Waals surface area (Å²) in [4.78, 5) is 11.9. The molecule has 1 aromatic carbocycles. The standard InChI is InChI=1S/C16H25BF3N3O4/c18-16(19,20)27-13-6-4-11(5-7-13)9-12(17(25)26)10-23-15(24)14(22)3-1-2-8-21/h4-7,12,14,25-26H,1-3,8-10,21-22H2,(H,23,24)/t12-,14-/m1/s1. The molecule has 152 valence electrons. The first-order chi connectivity index (χ1) is 12.6. The zero-order chi connectivity index (χ0) is 20.4. The molecule has 0 unspecified atom stereocenters. The van der Waals surface area contributed by atoms with E-state index < -0.39 is 31.2 Å². The highest BCUT2D eigenvalue weighted by Crippen LogP contribution is 2.24. The number of hydrogen-bond donors (Lipinski definition) is 5. The molecule has 27 heavy (non-hydrogen) atoms. The van der Waals surface area contributed by atoms with Gasteiger partial charge in [0.05, 0.1) is 6.04 Å². The maximum Gasteiger partial charge on any atom is 0.573 e. The van der Waals surface area contributed by atoms with E-state index in [0.29, 0.717) is 24.9 Å². The third-order valence-electron chi connectivity index (χ3n) is 3.92. The first kappa shape index (κ1) is 23.2. The summed E-state index contributed by atoms with van der Waals surface area (Å²) in [5.41, 5.74) is 11.7. The molecule has 0 heterocycles. The van der Waals surface area contributed by atoms with Crippen molar-refractivity contribution in [2.45, 2.75) is 43.9 Å². The highest BCUT2D eigenvalue weighted by atomic mass is 19.4. The highest BCUT2D eigenvalue weighted by Gasteiger charge is 2.31. The van der Waals surface area contributed by atoms with Gasteiger partial charge in [-0.05, 0) is 43.5 Å². The van der Waals surface area contributed by atoms with Gasteiger partial charge in [-0.25, -0.2) is 0 Å². The molecule has 0 aromatic heterocycles. The van der Waals surface area contributed by atoms with E-state index in [1.165, 1.54) is 12.1 Å². The molecule has 1 aromatic rings. The molecule has 0 saturated heterocycles. The van der Waals surface area contributed by atoms with E-state index in [4.69, 9.17) is 11.5 Å². The minimum atomic E-state index is -4.78. The Kier molecular flexibility index (Phi) is 9.57. The molecule has 0 bridgehead atoms. The molecule has 2 atom stereocenters. The molecule has 1 amide bonds. The van der Waals surface area contributed by atoms with E-state index in [0.717, 1.165) is 18.6 Å². The summed E-state index contributed by atoms with van der Waals surface area (Å²) in [5, 5.41) is 21.5. The van der Waals surface area contributed by atoms with Gasteiger partial charge in [-0.15, -0.1) is 13.2 Å². The van der Waals surface area contributed by atoms with Crippen molar-refractivity contribution in [3.05, 3.63) is 29.8 Å². The maximum atomic E-state index is 12.2. The highest BCUT2D eigenvalue weighted by molar-refractivity contribution is 6.43. The summed E-state index contributed by atoms with van der Waals surface area (Å²) in [6.45, 7) is 0.474. The minimum Gasteiger partial charge on any atom is -0.427 e. The number of hydrogen-bond acceptors (Lipinski definition) is 6. The monoisotopic (exact) mass is 391 g/mol. The lowest BCUT2D eigenvalue weighted by molar-refractivity contribution is -0.274. The average molecular weight is 391 g/mol. The van der Waals surface area contributed by atoms with Gasteiger partial charge < -0.3 is 31.6 Å². The van der Waals surface area contributed by atoms with Crippen molar-refractivity contribution >= 4 is 13.0 Å². The Morgan fingerprint density at radius 3 is 2.37 bits per heavy atom. The van der Waals surface area contributed by atoms with Crippen LogP contribution in [0.2, 0.25) is 5.82 Å². The Balaban J connectivity index is 2.55. The zero-order valence-corrected chi connectivity index (χ0v) is 14.8. The van der Waals surface area contributed by atoms with Crippen molar-refractivity contribution in [2.24, 2.45) is 11.5 Å². The molecule has 0 fully saturated rings. The molecule has 7 nitrogen and oxygen atoms in total. The molecule has 0 radical (unpaired) electrons. The predicted octanol–water partition coefficient (Wildman–Crippen LogP) is 0.543. The second-order valence-electron chi connectivity index (χ2n) is 6.21. The van der Waals surface area contributed by atoms with Crippen molar-refractivity contribution in [3.8, 4) is 5.75 Å². The number of ether oxygens (including phenoxy) is 1. The van der Waals surface area contributed by atoms with E-state index in [-0.39, 0.29) is 18.7 Å². The number of benzene rings is 1. The van der Waals surface area contributed by atoms with Gasteiger partial charge in [-0.3, -0.25) is 4.79 Å². The molecule has 1 rings (SSSR count). The molecule has 0 aliphatic carbocycles. The van der Waals surface area contributed by atoms with Crippen LogP contribution >= 0.6 is 0 Å². The molecule has 11 heteroatoms. The Labute approximate surface area is 156 Å². The molecule has 0 aliphatic heterocycles. The molecular weight excluding hydrogens is 366 g/mol. The van der Waals surface area contributed by atoms with E-state index in [9.17, 15) is 28.0 Å². The average Bonchev–Trinajstić information content (AvgIpc) is 2.58. The van der Waals surface area contributed by atoms with Gasteiger partial charge in [0, 0.05) is 12.4 Å². The number of unbranched alkanes of at least 4 members (excludes halogenated alkanes) is 1. The Morgan fingerprint density at radius 2 is 1.85 bits per heavy atom. The van der Waals surface area contributed by atoms with E-state index in [1.807, 2.05) is 0 Å². The van der Waals surface area contributed by atoms with Crippen molar-refractivity contribution in [2.75, 3.05) is 13.1 Å². The number of carbonyl (C=O) groups is 1. The summed E-state index contributed by atoms with van der Waals surface area (Å²) in [5.74, 6) is -1.53. The minimum absolute atomic E-state index is 0.0398. The zero-order valence-electron chi connectivity index (χ0n) is 14.8. The molecule has 0 saturated carbocycles. The third-order valence-corrected chi connectivity index (χ3v) is 3.92. The van der Waals surface area contributed by atoms with Crippen LogP contribution in [0, 0.1) is 0 Å². The van der Waals surface area contributed by atoms with Gasteiger partial charge in [0.2, 0.25) is 5.91 Å². The second kappa shape index (κ2) is 11.1. The SMILES string of the molecule is NCCCC[C@@H](N)C(=O)NC[C@@H](Cc1ccc(OC(F)(F)F)cc1)B(O)O. The predicted molar refractivity (Wildman–Crippen MR) is 94.7 cm³/mol. The van der Waals surface area contributed by atoms with Gasteiger partial charge in [-0.1, -0.05) is 18.6 Å². The molecule has 7 N–H and O–H groups in total. The fourth-order valence-electron chi connectivity index (χ4n) is 2.42. The van der Waals surface area contributed by atoms with E-state index in [2.05, 4.69) is 10.1 Å². The Hall–Kier alpha value is -1.82. The number of halogens is 3. The van der Waals surface area contributed by atoms with Crippen LogP contribution in [-0.2, 0) is 11.2 Å². The normalized spacial score (nSPS) is 13.7. The van der Waals surface area contributed by atoms with Gasteiger partial charge in [0.25, 0.3) is 0 Å². The lowest BCUT2D eigenvalue weighted by atomic mass is 9.69. The van der Waals surface area contributed by atoms with Crippen LogP contribution in [0.15, 0.2) is 24.3 Å². The van der Waals surface area contributed by atoms with Gasteiger partial charge in [0.15, 0.2) is 0 Å². The van der Waals surface area contributed by atoms with Crippen LogP contribution in [0.25, 0.3) is 0 Å². The van der Waals surface area contributed by atoms with Gasteiger partial charge in [-0.2, -0.15) is 0 Å². The summed E-state index contributed by atoms with van der Waals surface area (Å²) in [6, 6.07) is 4.32. The molecule has 0 spiro atoms. The lowest BCUT2D eigenvalue weighted by Crippen LogP contribution is -2.43. The number of nitrogens with one attached hydrogen (secondary N) is 1. The van der Waals surface area contributed by atoms with E-state index in [1.54, 1.807) is 0 Å². The third kappa shape index (κ3) is 9.61. The summed E-state index contributed by atoms with van der Waals surface area (Å²) in [6.07, 6.45) is -2.71. The fourth-order valence-corrected chi connectivity index (χ4v) is 2.42. The topological polar surface area (TPSA) is 131 Å². The first-order valence-electron chi connectivity index (χ1n) is 8.56. The summed E-state index contributed by atoms with van der Waals surface area (Å²) in [7, 11) is -1.72. The summed E-state index contributed by atoms with van der Waals surface area (Å²) < 4.78 is 40.2. The van der Waals surface area contributed by atoms with Gasteiger partial charge in [0.1, 0.15) is 5.75 Å². The van der Waals surface area contributed by atoms with Crippen LogP contribution < -0.4 is 21.5 Å². The summed E-state index contributed by atoms with van der Waals surface area (Å²) >= 11 is 0. The molecule has 0 aliphatic rings. The van der Waals surface area contributed by atoms with Crippen molar-refractivity contribution < 1.29 is 32.8 Å². The number of alkyl halides is 3. The van der Waals surface area contributed by atoms with Crippen LogP contribution in [0.5, 0.6) is 5.75 Å². The quantitative estimate of drug-likeness (QED) is 0.277. The first-order valence-corrected chi connectivity index (χ1v) is 8.56. The Morgan fingerprint density at radius 1 is 1.22 bits per heavy atom. The van der Waals surface area contributed by atoms with Crippen molar-refractivity contribution in [1.29, 1.82) is 0 Å². The van der Waals surface area contributed by atoms with Crippen molar-refractivity contribution in [3.63, 3.8) is 0 Å². The number of rotatable bonds is 11. The smallest absolute Gasteiger partial charge is 0.427 e. The van der Waals surface area contributed by atoms with Crippen LogP contribution in [-0.4, -0.2) is 48.6 Å². The number of amides is 1. The van der Waals surface area contributed by atoms with Crippen molar-refractivity contribution in [1.82, 2.24) is 5.32 Å². The van der Waals surface area contributed by atoms with Crippen LogP contribution in [0.1, 0.15) is 24.8 Å². The Bertz CT molecular complexity index is 573. The number of nitrogens with two attached hydrogens (primary N) is 2. The largest absolute Gasteiger partial charge is 0.573 e. The van der Waals surface area contributed by atoms with Crippen LogP contribution in [0.4, 0.5) is 13.2 Å². The fraction of sp³-hybridized carbons (Fsp3) is 0.562.